The molecule has 0 heterocycles. The number of carbonyl (C=O) groups excluding carboxylic acids is 1. The van der Waals surface area contributed by atoms with Crippen LogP contribution in [0.5, 0.6) is 0 Å². The van der Waals surface area contributed by atoms with E-state index in [4.69, 9.17) is 9.84 Å². The van der Waals surface area contributed by atoms with Crippen LogP contribution in [0.2, 0.25) is 0 Å². The summed E-state index contributed by atoms with van der Waals surface area (Å²) in [7, 11) is 2.68. The minimum atomic E-state index is -0.872. The van der Waals surface area contributed by atoms with Crippen LogP contribution >= 0.6 is 0 Å². The van der Waals surface area contributed by atoms with Crippen LogP contribution in [0.3, 0.4) is 0 Å². The summed E-state index contributed by atoms with van der Waals surface area (Å²) in [6, 6.07) is 0. The van der Waals surface area contributed by atoms with Gasteiger partial charge in [0.1, 0.15) is 5.76 Å². The molecule has 2 unspecified atom stereocenters. The van der Waals surface area contributed by atoms with E-state index in [-0.39, 0.29) is 11.3 Å². The third-order valence-corrected chi connectivity index (χ3v) is 3.10. The third-order valence-electron chi connectivity index (χ3n) is 3.10. The molecule has 0 aromatic rings. The van der Waals surface area contributed by atoms with Crippen LogP contribution in [0.1, 0.15) is 13.8 Å². The lowest BCUT2D eigenvalue weighted by atomic mass is 10.1. The molecule has 0 saturated heterocycles. The molecule has 1 aliphatic carbocycles. The molecule has 1 rings (SSSR count). The Morgan fingerprint density at radius 3 is 2.06 bits per heavy atom. The van der Waals surface area contributed by atoms with E-state index in [1.54, 1.807) is 0 Å². The Morgan fingerprint density at radius 1 is 1.19 bits per heavy atom. The average Bonchev–Trinajstić information content (AvgIpc) is 2.77. The van der Waals surface area contributed by atoms with E-state index in [1.807, 2.05) is 13.8 Å². The molecule has 1 fully saturated rings. The van der Waals surface area contributed by atoms with E-state index < -0.39 is 17.9 Å². The number of methoxy groups -OCH3 is 2. The second-order valence-corrected chi connectivity index (χ2v) is 4.39. The molecule has 5 heteroatoms. The van der Waals surface area contributed by atoms with Gasteiger partial charge in [-0.05, 0) is 5.41 Å². The van der Waals surface area contributed by atoms with Gasteiger partial charge in [0.05, 0.1) is 26.2 Å². The normalized spacial score (nSPS) is 27.1. The zero-order valence-electron chi connectivity index (χ0n) is 9.81. The minimum Gasteiger partial charge on any atom is -0.500 e. The highest BCUT2D eigenvalue weighted by Crippen LogP contribution is 2.61. The van der Waals surface area contributed by atoms with Crippen molar-refractivity contribution in [1.82, 2.24) is 0 Å². The fourth-order valence-electron chi connectivity index (χ4n) is 2.08. The molecule has 1 aliphatic rings. The van der Waals surface area contributed by atoms with Crippen molar-refractivity contribution in [2.24, 2.45) is 17.3 Å². The summed E-state index contributed by atoms with van der Waals surface area (Å²) in [5, 5.41) is 9.00. The van der Waals surface area contributed by atoms with E-state index in [2.05, 4.69) is 4.74 Å². The molecule has 0 radical (unpaired) electrons. The molecular weight excluding hydrogens is 212 g/mol. The zero-order chi connectivity index (χ0) is 12.5. The lowest BCUT2D eigenvalue weighted by Gasteiger charge is -2.06. The first-order chi connectivity index (χ1) is 7.36. The number of aliphatic carboxylic acids is 1. The molecule has 0 spiro atoms. The van der Waals surface area contributed by atoms with Crippen molar-refractivity contribution in [3.63, 3.8) is 0 Å². The number of carbonyl (C=O) groups is 2. The maximum absolute atomic E-state index is 11.1. The van der Waals surface area contributed by atoms with Gasteiger partial charge in [0, 0.05) is 5.92 Å². The summed E-state index contributed by atoms with van der Waals surface area (Å²) in [6.45, 7) is 3.67. The highest BCUT2D eigenvalue weighted by Gasteiger charge is 2.64. The summed E-state index contributed by atoms with van der Waals surface area (Å²) in [5.41, 5.74) is -0.387. The second-order valence-electron chi connectivity index (χ2n) is 4.39. The van der Waals surface area contributed by atoms with E-state index in [0.29, 0.717) is 5.76 Å². The fourth-order valence-corrected chi connectivity index (χ4v) is 2.08. The lowest BCUT2D eigenvalue weighted by molar-refractivity contribution is -0.139. The molecule has 0 bridgehead atoms. The maximum atomic E-state index is 11.1. The van der Waals surface area contributed by atoms with Crippen molar-refractivity contribution < 1.29 is 24.2 Å². The highest BCUT2D eigenvalue weighted by atomic mass is 16.5. The topological polar surface area (TPSA) is 72.8 Å². The summed E-state index contributed by atoms with van der Waals surface area (Å²) < 4.78 is 9.54. The molecule has 90 valence electrons. The predicted molar refractivity (Wildman–Crippen MR) is 55.5 cm³/mol. The van der Waals surface area contributed by atoms with Crippen LogP contribution < -0.4 is 0 Å². The van der Waals surface area contributed by atoms with Crippen molar-refractivity contribution >= 4 is 11.9 Å². The number of allylic oxidation sites excluding steroid dienone is 1. The molecule has 0 aliphatic heterocycles. The van der Waals surface area contributed by atoms with Gasteiger partial charge >= 0.3 is 11.9 Å². The van der Waals surface area contributed by atoms with Crippen LogP contribution in [0, 0.1) is 17.3 Å². The molecular formula is C11H16O5. The SMILES string of the molecule is COC(=O)/C=C(\OC)C1C(C(=O)O)C1(C)C. The van der Waals surface area contributed by atoms with Crippen LogP contribution in [0.4, 0.5) is 0 Å². The van der Waals surface area contributed by atoms with Gasteiger partial charge in [-0.25, -0.2) is 4.79 Å². The Hall–Kier alpha value is -1.52. The first kappa shape index (κ1) is 12.5. The number of ether oxygens (including phenoxy) is 2. The van der Waals surface area contributed by atoms with Gasteiger partial charge in [-0.1, -0.05) is 13.8 Å². The summed E-state index contributed by atoms with van der Waals surface area (Å²) >= 11 is 0. The Labute approximate surface area is 94.0 Å². The Kier molecular flexibility index (Phi) is 3.26. The van der Waals surface area contributed by atoms with E-state index in [0.717, 1.165) is 0 Å². The van der Waals surface area contributed by atoms with Gasteiger partial charge in [0.25, 0.3) is 0 Å². The molecule has 2 atom stereocenters. The summed E-state index contributed by atoms with van der Waals surface area (Å²) in [4.78, 5) is 22.0. The van der Waals surface area contributed by atoms with Gasteiger partial charge in [-0.2, -0.15) is 0 Å². The molecule has 0 amide bonds. The molecule has 0 aromatic heterocycles. The Morgan fingerprint density at radius 2 is 1.75 bits per heavy atom. The van der Waals surface area contributed by atoms with Crippen molar-refractivity contribution in [2.75, 3.05) is 14.2 Å². The first-order valence-electron chi connectivity index (χ1n) is 4.92. The molecule has 1 saturated carbocycles. The zero-order valence-corrected chi connectivity index (χ0v) is 9.81. The molecule has 5 nitrogen and oxygen atoms in total. The number of esters is 1. The van der Waals surface area contributed by atoms with Gasteiger partial charge in [-0.15, -0.1) is 0 Å². The monoisotopic (exact) mass is 228 g/mol. The largest absolute Gasteiger partial charge is 0.500 e. The molecule has 0 aromatic carbocycles. The molecule has 16 heavy (non-hydrogen) atoms. The minimum absolute atomic E-state index is 0.269. The number of carboxylic acids is 1. The fraction of sp³-hybridized carbons (Fsp3) is 0.636. The number of carboxylic acid groups (broad SMARTS) is 1. The quantitative estimate of drug-likeness (QED) is 0.442. The number of hydrogen-bond donors (Lipinski definition) is 1. The van der Waals surface area contributed by atoms with Crippen molar-refractivity contribution in [3.8, 4) is 0 Å². The standard InChI is InChI=1S/C11H16O5/c1-11(2)8(9(11)10(13)14)6(15-3)5-7(12)16-4/h5,8-9H,1-4H3,(H,13,14)/b6-5-. The Balaban J connectivity index is 2.89. The summed E-state index contributed by atoms with van der Waals surface area (Å²) in [6.07, 6.45) is 1.20. The highest BCUT2D eigenvalue weighted by molar-refractivity contribution is 5.83. The van der Waals surface area contributed by atoms with Crippen molar-refractivity contribution in [1.29, 1.82) is 0 Å². The van der Waals surface area contributed by atoms with Gasteiger partial charge in [0.2, 0.25) is 0 Å². The average molecular weight is 228 g/mol. The first-order valence-corrected chi connectivity index (χ1v) is 4.92. The van der Waals surface area contributed by atoms with Crippen LogP contribution in [0.25, 0.3) is 0 Å². The predicted octanol–water partition coefficient (Wildman–Crippen LogP) is 1.05. The lowest BCUT2D eigenvalue weighted by Crippen LogP contribution is -2.04. The summed E-state index contributed by atoms with van der Waals surface area (Å²) in [5.74, 6) is -1.83. The van der Waals surface area contributed by atoms with Crippen LogP contribution in [0.15, 0.2) is 11.8 Å². The van der Waals surface area contributed by atoms with Crippen LogP contribution in [-0.2, 0) is 19.1 Å². The molecule has 1 N–H and O–H groups in total. The third kappa shape index (κ3) is 2.03. The maximum Gasteiger partial charge on any atom is 0.333 e. The van der Waals surface area contributed by atoms with Gasteiger partial charge in [0.15, 0.2) is 0 Å². The smallest absolute Gasteiger partial charge is 0.333 e. The van der Waals surface area contributed by atoms with Gasteiger partial charge in [-0.3, -0.25) is 4.79 Å². The van der Waals surface area contributed by atoms with Gasteiger partial charge < -0.3 is 14.6 Å². The Bertz CT molecular complexity index is 342. The number of hydrogen-bond acceptors (Lipinski definition) is 4. The van der Waals surface area contributed by atoms with E-state index in [9.17, 15) is 9.59 Å². The number of rotatable bonds is 4. The van der Waals surface area contributed by atoms with E-state index >= 15 is 0 Å². The van der Waals surface area contributed by atoms with E-state index in [1.165, 1.54) is 20.3 Å². The van der Waals surface area contributed by atoms with Crippen molar-refractivity contribution in [3.05, 3.63) is 11.8 Å². The van der Waals surface area contributed by atoms with Crippen molar-refractivity contribution in [2.45, 2.75) is 13.8 Å². The second kappa shape index (κ2) is 4.15. The van der Waals surface area contributed by atoms with Crippen LogP contribution in [-0.4, -0.2) is 31.3 Å².